The lowest BCUT2D eigenvalue weighted by Gasteiger charge is -2.20. The first-order valence-corrected chi connectivity index (χ1v) is 12.3. The van der Waals surface area contributed by atoms with Crippen molar-refractivity contribution in [1.82, 2.24) is 9.97 Å². The van der Waals surface area contributed by atoms with E-state index in [1.54, 1.807) is 16.7 Å². The second kappa shape index (κ2) is 9.30. The normalized spacial score (nSPS) is 11.1. The highest BCUT2D eigenvalue weighted by Gasteiger charge is 2.24. The monoisotopic (exact) mass is 463 g/mol. The zero-order valence-electron chi connectivity index (χ0n) is 18.6. The summed E-state index contributed by atoms with van der Waals surface area (Å²) in [6.45, 7) is 8.46. The van der Waals surface area contributed by atoms with E-state index in [2.05, 4.69) is 37.0 Å². The van der Waals surface area contributed by atoms with Gasteiger partial charge in [0.15, 0.2) is 0 Å². The Hall–Kier alpha value is -2.90. The van der Waals surface area contributed by atoms with Crippen molar-refractivity contribution in [1.29, 1.82) is 0 Å². The van der Waals surface area contributed by atoms with Gasteiger partial charge in [-0.05, 0) is 57.0 Å². The quantitative estimate of drug-likeness (QED) is 0.363. The summed E-state index contributed by atoms with van der Waals surface area (Å²) in [4.78, 5) is 37.9. The van der Waals surface area contributed by atoms with Crippen LogP contribution in [0.15, 0.2) is 58.2 Å². The van der Waals surface area contributed by atoms with Crippen molar-refractivity contribution in [3.8, 4) is 0 Å². The number of thiophene rings is 1. The van der Waals surface area contributed by atoms with Gasteiger partial charge in [0.1, 0.15) is 10.7 Å². The molecule has 0 aliphatic rings. The lowest BCUT2D eigenvalue weighted by atomic mass is 10.2. The number of nitrogens with zero attached hydrogens (tertiary/aromatic N) is 2. The van der Waals surface area contributed by atoms with Crippen molar-refractivity contribution in [2.75, 3.05) is 11.4 Å². The van der Waals surface area contributed by atoms with Gasteiger partial charge in [-0.2, -0.15) is 0 Å². The summed E-state index contributed by atoms with van der Waals surface area (Å²) in [5.41, 5.74) is 3.73. The summed E-state index contributed by atoms with van der Waals surface area (Å²) in [6, 6.07) is 15.9. The van der Waals surface area contributed by atoms with Gasteiger partial charge < -0.3 is 9.88 Å². The van der Waals surface area contributed by atoms with Gasteiger partial charge in [0.25, 0.3) is 11.5 Å². The van der Waals surface area contributed by atoms with Crippen LogP contribution in [0.25, 0.3) is 10.2 Å². The number of rotatable bonds is 6. The number of carbonyl (C=O) groups excluding carboxylic acids is 1. The van der Waals surface area contributed by atoms with Gasteiger partial charge >= 0.3 is 0 Å². The molecule has 7 heteroatoms. The van der Waals surface area contributed by atoms with E-state index in [9.17, 15) is 9.59 Å². The number of hydrogen-bond acceptors (Lipinski definition) is 5. The van der Waals surface area contributed by atoms with Gasteiger partial charge in [-0.1, -0.05) is 35.9 Å². The second-order valence-electron chi connectivity index (χ2n) is 7.69. The molecule has 0 radical (unpaired) electrons. The number of aromatic nitrogens is 2. The minimum absolute atomic E-state index is 0.107. The highest BCUT2D eigenvalue weighted by Crippen LogP contribution is 2.31. The second-order valence-corrected chi connectivity index (χ2v) is 9.71. The van der Waals surface area contributed by atoms with Gasteiger partial charge in [0, 0.05) is 17.1 Å². The summed E-state index contributed by atoms with van der Waals surface area (Å²) in [5, 5.41) is 0.503. The molecule has 5 nitrogen and oxygen atoms in total. The van der Waals surface area contributed by atoms with Gasteiger partial charge in [0.05, 0.1) is 16.0 Å². The third kappa shape index (κ3) is 4.36. The van der Waals surface area contributed by atoms with Crippen molar-refractivity contribution in [3.05, 3.63) is 86.3 Å². The van der Waals surface area contributed by atoms with Gasteiger partial charge in [-0.3, -0.25) is 9.59 Å². The molecular formula is C25H25N3O2S2. The zero-order valence-corrected chi connectivity index (χ0v) is 20.2. The highest BCUT2D eigenvalue weighted by molar-refractivity contribution is 7.98. The van der Waals surface area contributed by atoms with Crippen LogP contribution < -0.4 is 10.5 Å². The Balaban J connectivity index is 1.66. The average Bonchev–Trinajstić information content (AvgIpc) is 3.12. The number of para-hydroxylation sites is 1. The van der Waals surface area contributed by atoms with Gasteiger partial charge in [0.2, 0.25) is 0 Å². The third-order valence-electron chi connectivity index (χ3n) is 5.38. The number of carbonyl (C=O) groups is 1. The van der Waals surface area contributed by atoms with Crippen LogP contribution in [0, 0.1) is 20.8 Å². The maximum atomic E-state index is 13.3. The number of fused-ring (bicyclic) bond motifs is 1. The van der Waals surface area contributed by atoms with E-state index in [1.807, 2.05) is 44.2 Å². The fraction of sp³-hybridized carbons (Fsp3) is 0.240. The van der Waals surface area contributed by atoms with Crippen molar-refractivity contribution < 1.29 is 4.79 Å². The Kier molecular flexibility index (Phi) is 6.48. The van der Waals surface area contributed by atoms with Crippen LogP contribution in [-0.4, -0.2) is 22.4 Å². The summed E-state index contributed by atoms with van der Waals surface area (Å²) >= 11 is 2.95. The topological polar surface area (TPSA) is 66.1 Å². The van der Waals surface area contributed by atoms with Crippen LogP contribution in [0.3, 0.4) is 0 Å². The molecule has 1 N–H and O–H groups in total. The number of hydrogen-bond donors (Lipinski definition) is 1. The Labute approximate surface area is 195 Å². The molecule has 1 amide bonds. The smallest absolute Gasteiger partial charge is 0.268 e. The SMILES string of the molecule is CCN(C(=O)c1sc2nc(CSc3cc(C)ccc3C)[nH]c(=O)c2c1C)c1ccccc1. The Morgan fingerprint density at radius 2 is 1.88 bits per heavy atom. The highest BCUT2D eigenvalue weighted by atomic mass is 32.2. The average molecular weight is 464 g/mol. The Bertz CT molecular complexity index is 1340. The lowest BCUT2D eigenvalue weighted by molar-refractivity contribution is 0.0991. The molecular weight excluding hydrogens is 438 g/mol. The summed E-state index contributed by atoms with van der Waals surface area (Å²) < 4.78 is 0. The third-order valence-corrected chi connectivity index (χ3v) is 7.72. The molecule has 32 heavy (non-hydrogen) atoms. The number of aryl methyl sites for hydroxylation is 3. The number of amides is 1. The molecule has 0 atom stereocenters. The van der Waals surface area contributed by atoms with Gasteiger partial charge in [-0.25, -0.2) is 4.98 Å². The van der Waals surface area contributed by atoms with E-state index < -0.39 is 0 Å². The lowest BCUT2D eigenvalue weighted by Crippen LogP contribution is -2.30. The van der Waals surface area contributed by atoms with Crippen molar-refractivity contribution in [2.45, 2.75) is 38.3 Å². The number of nitrogens with one attached hydrogen (secondary N) is 1. The number of thioether (sulfide) groups is 1. The maximum absolute atomic E-state index is 13.3. The molecule has 0 fully saturated rings. The summed E-state index contributed by atoms with van der Waals surface area (Å²) in [5.74, 6) is 1.06. The van der Waals surface area contributed by atoms with E-state index in [1.165, 1.54) is 27.4 Å². The molecule has 0 saturated carbocycles. The first kappa shape index (κ1) is 22.3. The molecule has 2 aromatic carbocycles. The predicted molar refractivity (Wildman–Crippen MR) is 134 cm³/mol. The van der Waals surface area contributed by atoms with Gasteiger partial charge in [-0.15, -0.1) is 23.1 Å². The summed E-state index contributed by atoms with van der Waals surface area (Å²) in [7, 11) is 0. The molecule has 4 rings (SSSR count). The van der Waals surface area contributed by atoms with Crippen LogP contribution in [0.4, 0.5) is 5.69 Å². The Morgan fingerprint density at radius 1 is 1.12 bits per heavy atom. The van der Waals surface area contributed by atoms with Crippen LogP contribution >= 0.6 is 23.1 Å². The molecule has 0 unspecified atom stereocenters. The molecule has 0 aliphatic carbocycles. The van der Waals surface area contributed by atoms with Crippen molar-refractivity contribution in [2.24, 2.45) is 0 Å². The number of benzene rings is 2. The van der Waals surface area contributed by atoms with Crippen LogP contribution in [0.2, 0.25) is 0 Å². The molecule has 0 saturated heterocycles. The number of anilines is 1. The van der Waals surface area contributed by atoms with E-state index >= 15 is 0 Å². The fourth-order valence-electron chi connectivity index (χ4n) is 3.64. The zero-order chi connectivity index (χ0) is 22.8. The van der Waals surface area contributed by atoms with Crippen LogP contribution in [-0.2, 0) is 5.75 Å². The Morgan fingerprint density at radius 3 is 2.59 bits per heavy atom. The molecule has 2 heterocycles. The van der Waals surface area contributed by atoms with E-state index in [0.717, 1.165) is 5.69 Å². The largest absolute Gasteiger partial charge is 0.309 e. The number of H-pyrrole nitrogens is 1. The van der Waals surface area contributed by atoms with E-state index in [-0.39, 0.29) is 11.5 Å². The standard InChI is InChI=1S/C25H25N3O2S2/c1-5-28(18-9-7-6-8-10-18)25(30)22-17(4)21-23(29)26-20(27-24(21)32-22)14-31-19-13-15(2)11-12-16(19)3/h6-13H,5,14H2,1-4H3,(H,26,27,29). The van der Waals surface area contributed by atoms with Crippen LogP contribution in [0.5, 0.6) is 0 Å². The number of aromatic amines is 1. The molecule has 0 bridgehead atoms. The molecule has 0 aliphatic heterocycles. The molecule has 4 aromatic rings. The van der Waals surface area contributed by atoms with E-state index in [0.29, 0.717) is 38.8 Å². The van der Waals surface area contributed by atoms with Crippen molar-refractivity contribution in [3.63, 3.8) is 0 Å². The minimum atomic E-state index is -0.192. The summed E-state index contributed by atoms with van der Waals surface area (Å²) in [6.07, 6.45) is 0. The molecule has 164 valence electrons. The first-order valence-electron chi connectivity index (χ1n) is 10.5. The predicted octanol–water partition coefficient (Wildman–Crippen LogP) is 5.87. The fourth-order valence-corrected chi connectivity index (χ4v) is 5.79. The molecule has 2 aromatic heterocycles. The first-order chi connectivity index (χ1) is 15.4. The minimum Gasteiger partial charge on any atom is -0.309 e. The maximum Gasteiger partial charge on any atom is 0.268 e. The van der Waals surface area contributed by atoms with E-state index in [4.69, 9.17) is 4.98 Å². The van der Waals surface area contributed by atoms with Crippen LogP contribution in [0.1, 0.15) is 39.1 Å². The van der Waals surface area contributed by atoms with Crippen molar-refractivity contribution >= 4 is 44.9 Å². The molecule has 0 spiro atoms.